The van der Waals surface area contributed by atoms with Crippen molar-refractivity contribution in [3.63, 3.8) is 0 Å². The van der Waals surface area contributed by atoms with Crippen LogP contribution in [-0.4, -0.2) is 35.7 Å². The van der Waals surface area contributed by atoms with Gasteiger partial charge in [0, 0.05) is 19.7 Å². The molecular weight excluding hydrogens is 240 g/mol. The minimum absolute atomic E-state index is 0.0336. The number of benzene rings is 1. The zero-order valence-corrected chi connectivity index (χ0v) is 12.0. The third-order valence-corrected chi connectivity index (χ3v) is 3.35. The standard InChI is InChI=1S/C15H24N2O2/c1-12(8-7-11-18)16-15(19)17(3)13(2)14-9-5-4-6-10-14/h4-6,9-10,12-13,18H,7-8,11H2,1-3H3,(H,16,19). The molecule has 2 atom stereocenters. The topological polar surface area (TPSA) is 52.6 Å². The minimum Gasteiger partial charge on any atom is -0.396 e. The van der Waals surface area contributed by atoms with E-state index in [2.05, 4.69) is 5.32 Å². The second-order valence-corrected chi connectivity index (χ2v) is 4.91. The molecule has 106 valence electrons. The van der Waals surface area contributed by atoms with E-state index in [-0.39, 0.29) is 24.7 Å². The van der Waals surface area contributed by atoms with Gasteiger partial charge < -0.3 is 15.3 Å². The van der Waals surface area contributed by atoms with Crippen molar-refractivity contribution in [1.82, 2.24) is 10.2 Å². The number of hydrogen-bond acceptors (Lipinski definition) is 2. The zero-order valence-electron chi connectivity index (χ0n) is 12.0. The van der Waals surface area contributed by atoms with Crippen LogP contribution in [0.1, 0.15) is 38.3 Å². The lowest BCUT2D eigenvalue weighted by Crippen LogP contribution is -2.43. The van der Waals surface area contributed by atoms with Gasteiger partial charge in [0.25, 0.3) is 0 Å². The first-order valence-electron chi connectivity index (χ1n) is 6.75. The third kappa shape index (κ3) is 4.91. The summed E-state index contributed by atoms with van der Waals surface area (Å²) < 4.78 is 0. The zero-order chi connectivity index (χ0) is 14.3. The molecule has 4 heteroatoms. The number of aliphatic hydroxyl groups excluding tert-OH is 1. The van der Waals surface area contributed by atoms with Gasteiger partial charge in [0.05, 0.1) is 6.04 Å². The number of hydrogen-bond donors (Lipinski definition) is 2. The van der Waals surface area contributed by atoms with Crippen LogP contribution in [0, 0.1) is 0 Å². The number of rotatable bonds is 6. The number of carbonyl (C=O) groups is 1. The van der Waals surface area contributed by atoms with Crippen molar-refractivity contribution >= 4 is 6.03 Å². The van der Waals surface area contributed by atoms with Gasteiger partial charge in [0.15, 0.2) is 0 Å². The Morgan fingerprint density at radius 1 is 1.32 bits per heavy atom. The number of nitrogens with one attached hydrogen (secondary N) is 1. The molecule has 19 heavy (non-hydrogen) atoms. The van der Waals surface area contributed by atoms with E-state index in [4.69, 9.17) is 5.11 Å². The van der Waals surface area contributed by atoms with E-state index in [1.54, 1.807) is 11.9 Å². The Morgan fingerprint density at radius 3 is 2.53 bits per heavy atom. The van der Waals surface area contributed by atoms with Gasteiger partial charge >= 0.3 is 6.03 Å². The van der Waals surface area contributed by atoms with Crippen LogP contribution in [0.3, 0.4) is 0 Å². The van der Waals surface area contributed by atoms with Gasteiger partial charge in [-0.15, -0.1) is 0 Å². The molecule has 0 aliphatic rings. The fourth-order valence-corrected chi connectivity index (χ4v) is 1.91. The van der Waals surface area contributed by atoms with E-state index in [1.807, 2.05) is 44.2 Å². The number of nitrogens with zero attached hydrogens (tertiary/aromatic N) is 1. The summed E-state index contributed by atoms with van der Waals surface area (Å²) in [5.41, 5.74) is 1.11. The number of urea groups is 1. The Balaban J connectivity index is 2.52. The summed E-state index contributed by atoms with van der Waals surface area (Å²) in [6.07, 6.45) is 1.50. The SMILES string of the molecule is CC(CCCO)NC(=O)N(C)C(C)c1ccccc1. The van der Waals surface area contributed by atoms with Gasteiger partial charge in [-0.3, -0.25) is 0 Å². The molecule has 0 aromatic heterocycles. The maximum Gasteiger partial charge on any atom is 0.317 e. The Morgan fingerprint density at radius 2 is 1.95 bits per heavy atom. The Hall–Kier alpha value is -1.55. The van der Waals surface area contributed by atoms with Crippen LogP contribution in [0.2, 0.25) is 0 Å². The molecule has 0 spiro atoms. The molecule has 0 radical (unpaired) electrons. The summed E-state index contributed by atoms with van der Waals surface area (Å²) in [7, 11) is 1.80. The summed E-state index contributed by atoms with van der Waals surface area (Å²) >= 11 is 0. The normalized spacial score (nSPS) is 13.7. The summed E-state index contributed by atoms with van der Waals surface area (Å²) in [4.78, 5) is 13.8. The molecule has 0 aliphatic heterocycles. The molecule has 0 fully saturated rings. The van der Waals surface area contributed by atoms with Crippen LogP contribution in [-0.2, 0) is 0 Å². The van der Waals surface area contributed by atoms with Crippen molar-refractivity contribution in [2.24, 2.45) is 0 Å². The first-order chi connectivity index (χ1) is 9.06. The van der Waals surface area contributed by atoms with Gasteiger partial charge in [-0.1, -0.05) is 30.3 Å². The summed E-state index contributed by atoms with van der Waals surface area (Å²) in [5, 5.41) is 11.7. The molecule has 1 aromatic carbocycles. The van der Waals surface area contributed by atoms with Crippen LogP contribution < -0.4 is 5.32 Å². The average Bonchev–Trinajstić information content (AvgIpc) is 2.44. The van der Waals surface area contributed by atoms with Crippen molar-refractivity contribution in [2.45, 2.75) is 38.8 Å². The Labute approximate surface area is 115 Å². The molecule has 1 rings (SSSR count). The average molecular weight is 264 g/mol. The van der Waals surface area contributed by atoms with E-state index in [0.717, 1.165) is 12.0 Å². The molecule has 2 unspecified atom stereocenters. The van der Waals surface area contributed by atoms with Gasteiger partial charge in [0.2, 0.25) is 0 Å². The van der Waals surface area contributed by atoms with Crippen LogP contribution in [0.4, 0.5) is 4.79 Å². The Bertz CT molecular complexity index is 381. The highest BCUT2D eigenvalue weighted by molar-refractivity contribution is 5.74. The second-order valence-electron chi connectivity index (χ2n) is 4.91. The highest BCUT2D eigenvalue weighted by atomic mass is 16.3. The lowest BCUT2D eigenvalue weighted by atomic mass is 10.1. The van der Waals surface area contributed by atoms with Gasteiger partial charge in [-0.25, -0.2) is 4.79 Å². The van der Waals surface area contributed by atoms with Crippen molar-refractivity contribution in [1.29, 1.82) is 0 Å². The lowest BCUT2D eigenvalue weighted by molar-refractivity contribution is 0.189. The quantitative estimate of drug-likeness (QED) is 0.829. The summed E-state index contributed by atoms with van der Waals surface area (Å²) in [6, 6.07) is 9.97. The molecule has 2 amide bonds. The van der Waals surface area contributed by atoms with Gasteiger partial charge in [-0.2, -0.15) is 0 Å². The van der Waals surface area contributed by atoms with Gasteiger partial charge in [0.1, 0.15) is 0 Å². The predicted molar refractivity (Wildman–Crippen MR) is 76.9 cm³/mol. The largest absolute Gasteiger partial charge is 0.396 e. The first kappa shape index (κ1) is 15.5. The smallest absolute Gasteiger partial charge is 0.317 e. The third-order valence-electron chi connectivity index (χ3n) is 3.35. The fourth-order valence-electron chi connectivity index (χ4n) is 1.91. The van der Waals surface area contributed by atoms with Crippen LogP contribution in [0.5, 0.6) is 0 Å². The second kappa shape index (κ2) is 7.79. The highest BCUT2D eigenvalue weighted by Gasteiger charge is 2.18. The molecule has 0 bridgehead atoms. The molecule has 0 heterocycles. The number of carbonyl (C=O) groups excluding carboxylic acids is 1. The molecule has 0 saturated carbocycles. The lowest BCUT2D eigenvalue weighted by Gasteiger charge is -2.27. The molecule has 0 saturated heterocycles. The highest BCUT2D eigenvalue weighted by Crippen LogP contribution is 2.18. The van der Waals surface area contributed by atoms with Crippen molar-refractivity contribution in [3.05, 3.63) is 35.9 Å². The maximum atomic E-state index is 12.1. The van der Waals surface area contributed by atoms with E-state index in [9.17, 15) is 4.79 Å². The molecule has 1 aromatic rings. The van der Waals surface area contributed by atoms with Crippen molar-refractivity contribution in [3.8, 4) is 0 Å². The number of aliphatic hydroxyl groups is 1. The van der Waals surface area contributed by atoms with Crippen molar-refractivity contribution in [2.75, 3.05) is 13.7 Å². The van der Waals surface area contributed by atoms with Gasteiger partial charge in [-0.05, 0) is 32.3 Å². The molecular formula is C15H24N2O2. The first-order valence-corrected chi connectivity index (χ1v) is 6.75. The van der Waals surface area contributed by atoms with Crippen molar-refractivity contribution < 1.29 is 9.90 Å². The van der Waals surface area contributed by atoms with E-state index in [1.165, 1.54) is 0 Å². The maximum absolute atomic E-state index is 12.1. The molecule has 4 nitrogen and oxygen atoms in total. The fraction of sp³-hybridized carbons (Fsp3) is 0.533. The van der Waals surface area contributed by atoms with E-state index >= 15 is 0 Å². The molecule has 2 N–H and O–H groups in total. The Kier molecular flexibility index (Phi) is 6.36. The number of amides is 2. The monoisotopic (exact) mass is 264 g/mol. The van der Waals surface area contributed by atoms with E-state index < -0.39 is 0 Å². The molecule has 0 aliphatic carbocycles. The van der Waals surface area contributed by atoms with Crippen LogP contribution in [0.15, 0.2) is 30.3 Å². The van der Waals surface area contributed by atoms with Crippen LogP contribution >= 0.6 is 0 Å². The minimum atomic E-state index is -0.0817. The predicted octanol–water partition coefficient (Wildman–Crippen LogP) is 2.55. The summed E-state index contributed by atoms with van der Waals surface area (Å²) in [6.45, 7) is 4.12. The summed E-state index contributed by atoms with van der Waals surface area (Å²) in [5.74, 6) is 0. The van der Waals surface area contributed by atoms with Crippen LogP contribution in [0.25, 0.3) is 0 Å². The van der Waals surface area contributed by atoms with E-state index in [0.29, 0.717) is 6.42 Å².